The zero-order valence-electron chi connectivity index (χ0n) is 27.5. The lowest BCUT2D eigenvalue weighted by molar-refractivity contribution is 1.11. The number of anilines is 2. The SMILES string of the molecule is Cc1cc(CNc2ccc(Cc3ccc(NCc4cc(C)c5[nH]c6ccccc6c5c4C)cc3)cc2)c(C)c2c1[nH]c1ccccc12. The first-order valence-corrected chi connectivity index (χ1v) is 16.6. The Bertz CT molecular complexity index is 2240. The molecule has 8 rings (SSSR count). The van der Waals surface area contributed by atoms with E-state index in [1.54, 1.807) is 0 Å². The van der Waals surface area contributed by atoms with Crippen LogP contribution in [0.25, 0.3) is 43.6 Å². The van der Waals surface area contributed by atoms with Crippen LogP contribution in [-0.4, -0.2) is 9.97 Å². The van der Waals surface area contributed by atoms with Gasteiger partial charge in [0, 0.05) is 68.1 Å². The summed E-state index contributed by atoms with van der Waals surface area (Å²) >= 11 is 0. The molecule has 0 fully saturated rings. The normalized spacial score (nSPS) is 11.7. The Morgan fingerprint density at radius 2 is 0.894 bits per heavy atom. The maximum absolute atomic E-state index is 3.66. The molecule has 47 heavy (non-hydrogen) atoms. The molecular weight excluding hydrogens is 573 g/mol. The fraction of sp³-hybridized carbons (Fsp3) is 0.163. The van der Waals surface area contributed by atoms with E-state index in [9.17, 15) is 0 Å². The molecule has 8 aromatic rings. The molecular formula is C43H40N4. The highest BCUT2D eigenvalue weighted by atomic mass is 14.9. The number of hydrogen-bond donors (Lipinski definition) is 4. The van der Waals surface area contributed by atoms with Gasteiger partial charge in [-0.3, -0.25) is 0 Å². The number of para-hydroxylation sites is 2. The van der Waals surface area contributed by atoms with Crippen LogP contribution in [0, 0.1) is 27.7 Å². The molecule has 0 bridgehead atoms. The molecule has 0 amide bonds. The number of fused-ring (bicyclic) bond motifs is 6. The van der Waals surface area contributed by atoms with Crippen LogP contribution in [0.5, 0.6) is 0 Å². The van der Waals surface area contributed by atoms with Crippen LogP contribution in [0.1, 0.15) is 44.5 Å². The summed E-state index contributed by atoms with van der Waals surface area (Å²) in [5.41, 5.74) is 17.7. The van der Waals surface area contributed by atoms with E-state index in [1.165, 1.54) is 88.1 Å². The molecule has 0 saturated heterocycles. The van der Waals surface area contributed by atoms with E-state index < -0.39 is 0 Å². The second-order valence-electron chi connectivity index (χ2n) is 13.1. The number of benzene rings is 6. The lowest BCUT2D eigenvalue weighted by atomic mass is 9.98. The van der Waals surface area contributed by atoms with E-state index in [1.807, 2.05) is 0 Å². The largest absolute Gasteiger partial charge is 0.381 e. The monoisotopic (exact) mass is 612 g/mol. The fourth-order valence-electron chi connectivity index (χ4n) is 7.34. The molecule has 0 radical (unpaired) electrons. The zero-order chi connectivity index (χ0) is 32.1. The van der Waals surface area contributed by atoms with Crippen molar-refractivity contribution in [2.24, 2.45) is 0 Å². The predicted molar refractivity (Wildman–Crippen MR) is 201 cm³/mol. The number of aromatic amines is 2. The summed E-state index contributed by atoms with van der Waals surface area (Å²) in [6, 6.07) is 39.6. The van der Waals surface area contributed by atoms with Gasteiger partial charge >= 0.3 is 0 Å². The first kappa shape index (κ1) is 29.0. The molecule has 4 N–H and O–H groups in total. The molecule has 0 aliphatic heterocycles. The first-order chi connectivity index (χ1) is 22.9. The number of nitrogens with one attached hydrogen (secondary N) is 4. The van der Waals surface area contributed by atoms with Crippen LogP contribution in [0.4, 0.5) is 11.4 Å². The maximum atomic E-state index is 3.66. The highest BCUT2D eigenvalue weighted by Crippen LogP contribution is 2.34. The minimum absolute atomic E-state index is 0.796. The molecule has 0 spiro atoms. The molecule has 2 aromatic heterocycles. The number of H-pyrrole nitrogens is 2. The van der Waals surface area contributed by atoms with E-state index >= 15 is 0 Å². The molecule has 0 atom stereocenters. The summed E-state index contributed by atoms with van der Waals surface area (Å²) in [6.45, 7) is 10.5. The summed E-state index contributed by atoms with van der Waals surface area (Å²) in [5, 5.41) is 12.6. The quantitative estimate of drug-likeness (QED) is 0.138. The summed E-state index contributed by atoms with van der Waals surface area (Å²) in [7, 11) is 0. The Morgan fingerprint density at radius 3 is 1.32 bits per heavy atom. The smallest absolute Gasteiger partial charge is 0.0497 e. The molecule has 232 valence electrons. The van der Waals surface area contributed by atoms with E-state index in [2.05, 4.69) is 157 Å². The lowest BCUT2D eigenvalue weighted by Crippen LogP contribution is -2.03. The van der Waals surface area contributed by atoms with Crippen molar-refractivity contribution in [2.45, 2.75) is 47.2 Å². The summed E-state index contributed by atoms with van der Waals surface area (Å²) in [6.07, 6.45) is 0.908. The van der Waals surface area contributed by atoms with Gasteiger partial charge in [0.2, 0.25) is 0 Å². The van der Waals surface area contributed by atoms with E-state index in [-0.39, 0.29) is 0 Å². The third-order valence-electron chi connectivity index (χ3n) is 9.98. The van der Waals surface area contributed by atoms with Crippen LogP contribution < -0.4 is 10.6 Å². The Hall–Kier alpha value is -5.48. The second kappa shape index (κ2) is 11.7. The highest BCUT2D eigenvalue weighted by Gasteiger charge is 2.14. The number of rotatable bonds is 8. The van der Waals surface area contributed by atoms with Gasteiger partial charge in [0.05, 0.1) is 0 Å². The van der Waals surface area contributed by atoms with Crippen molar-refractivity contribution in [1.29, 1.82) is 0 Å². The molecule has 4 nitrogen and oxygen atoms in total. The van der Waals surface area contributed by atoms with Crippen molar-refractivity contribution >= 4 is 55.0 Å². The Kier molecular flexibility index (Phi) is 7.21. The van der Waals surface area contributed by atoms with Crippen LogP contribution in [0.3, 0.4) is 0 Å². The van der Waals surface area contributed by atoms with Gasteiger partial charge in [-0.1, -0.05) is 72.8 Å². The van der Waals surface area contributed by atoms with Gasteiger partial charge < -0.3 is 20.6 Å². The van der Waals surface area contributed by atoms with Crippen LogP contribution >= 0.6 is 0 Å². The van der Waals surface area contributed by atoms with Crippen molar-refractivity contribution in [3.8, 4) is 0 Å². The first-order valence-electron chi connectivity index (χ1n) is 16.6. The van der Waals surface area contributed by atoms with Crippen LogP contribution in [0.15, 0.2) is 109 Å². The van der Waals surface area contributed by atoms with Crippen molar-refractivity contribution < 1.29 is 0 Å². The molecule has 2 heterocycles. The van der Waals surface area contributed by atoms with Gasteiger partial charge in [-0.15, -0.1) is 0 Å². The minimum atomic E-state index is 0.796. The number of aryl methyl sites for hydroxylation is 4. The molecule has 6 aromatic carbocycles. The second-order valence-corrected chi connectivity index (χ2v) is 13.1. The molecule has 0 aliphatic carbocycles. The van der Waals surface area contributed by atoms with E-state index in [0.29, 0.717) is 0 Å². The Morgan fingerprint density at radius 1 is 0.489 bits per heavy atom. The Balaban J connectivity index is 0.911. The molecule has 0 unspecified atom stereocenters. The topological polar surface area (TPSA) is 55.6 Å². The van der Waals surface area contributed by atoms with Gasteiger partial charge in [-0.25, -0.2) is 0 Å². The molecule has 4 heteroatoms. The van der Waals surface area contributed by atoms with Gasteiger partial charge in [-0.05, 0) is 115 Å². The van der Waals surface area contributed by atoms with Gasteiger partial charge in [-0.2, -0.15) is 0 Å². The average Bonchev–Trinajstić information content (AvgIpc) is 3.69. The van der Waals surface area contributed by atoms with Crippen molar-refractivity contribution in [3.05, 3.63) is 154 Å². The third-order valence-corrected chi connectivity index (χ3v) is 9.98. The third kappa shape index (κ3) is 5.30. The molecule has 0 aliphatic rings. The Labute approximate surface area is 275 Å². The van der Waals surface area contributed by atoms with Gasteiger partial charge in [0.25, 0.3) is 0 Å². The summed E-state index contributed by atoms with van der Waals surface area (Å²) in [5.74, 6) is 0. The molecule has 0 saturated carbocycles. The standard InChI is InChI=1S/C43H40N4/c1-26-21-32(28(3)40-36-9-5-7-11-38(36)46-42(26)40)24-44-34-17-13-30(14-18-34)23-31-15-19-35(20-16-31)45-25-33-22-27(2)43-41(29(33)4)37-10-6-8-12-39(37)47-43/h5-22,44-47H,23-25H2,1-4H3. The maximum Gasteiger partial charge on any atom is 0.0497 e. The van der Waals surface area contributed by atoms with Crippen LogP contribution in [-0.2, 0) is 19.5 Å². The van der Waals surface area contributed by atoms with Crippen molar-refractivity contribution in [3.63, 3.8) is 0 Å². The van der Waals surface area contributed by atoms with E-state index in [0.717, 1.165) is 30.9 Å². The number of hydrogen-bond acceptors (Lipinski definition) is 2. The summed E-state index contributed by atoms with van der Waals surface area (Å²) < 4.78 is 0. The van der Waals surface area contributed by atoms with Crippen LogP contribution in [0.2, 0.25) is 0 Å². The zero-order valence-corrected chi connectivity index (χ0v) is 27.5. The predicted octanol–water partition coefficient (Wildman–Crippen LogP) is 11.0. The average molecular weight is 613 g/mol. The van der Waals surface area contributed by atoms with Gasteiger partial charge in [0.1, 0.15) is 0 Å². The summed E-state index contributed by atoms with van der Waals surface area (Å²) in [4.78, 5) is 7.24. The lowest BCUT2D eigenvalue weighted by Gasteiger charge is -2.13. The van der Waals surface area contributed by atoms with Crippen molar-refractivity contribution in [1.82, 2.24) is 9.97 Å². The fourth-order valence-corrected chi connectivity index (χ4v) is 7.34. The highest BCUT2D eigenvalue weighted by molar-refractivity contribution is 6.11. The minimum Gasteiger partial charge on any atom is -0.381 e. The van der Waals surface area contributed by atoms with E-state index in [4.69, 9.17) is 0 Å². The van der Waals surface area contributed by atoms with Gasteiger partial charge in [0.15, 0.2) is 0 Å². The number of aromatic nitrogens is 2. The van der Waals surface area contributed by atoms with Crippen molar-refractivity contribution in [2.75, 3.05) is 10.6 Å².